The van der Waals surface area contributed by atoms with E-state index >= 15 is 0 Å². The van der Waals surface area contributed by atoms with E-state index in [0.717, 1.165) is 26.2 Å². The van der Waals surface area contributed by atoms with Crippen molar-refractivity contribution >= 4 is 11.3 Å². The quantitative estimate of drug-likeness (QED) is 0.769. The highest BCUT2D eigenvalue weighted by atomic mass is 32.1. The van der Waals surface area contributed by atoms with Crippen LogP contribution in [0.3, 0.4) is 0 Å². The molecule has 1 heterocycles. The molecule has 0 bridgehead atoms. The third kappa shape index (κ3) is 5.28. The van der Waals surface area contributed by atoms with Crippen LogP contribution in [0.15, 0.2) is 17.5 Å². The largest absolute Gasteiger partial charge is 0.383 e. The van der Waals surface area contributed by atoms with Crippen molar-refractivity contribution in [2.24, 2.45) is 5.73 Å². The number of nitrogens with two attached hydrogens (primary N) is 1. The molecule has 86 valence electrons. The lowest BCUT2D eigenvalue weighted by atomic mass is 10.3. The second-order valence-corrected chi connectivity index (χ2v) is 4.82. The Morgan fingerprint density at radius 1 is 1.60 bits per heavy atom. The van der Waals surface area contributed by atoms with Gasteiger partial charge in [-0.2, -0.15) is 0 Å². The van der Waals surface area contributed by atoms with Crippen LogP contribution in [0.5, 0.6) is 0 Å². The summed E-state index contributed by atoms with van der Waals surface area (Å²) in [5.41, 5.74) is 5.81. The van der Waals surface area contributed by atoms with Crippen molar-refractivity contribution in [1.29, 1.82) is 0 Å². The summed E-state index contributed by atoms with van der Waals surface area (Å²) in [6, 6.07) is 4.45. The summed E-state index contributed by atoms with van der Waals surface area (Å²) in [5.74, 6) is 0. The van der Waals surface area contributed by atoms with E-state index in [9.17, 15) is 0 Å². The van der Waals surface area contributed by atoms with E-state index in [4.69, 9.17) is 10.5 Å². The molecule has 0 radical (unpaired) electrons. The lowest BCUT2D eigenvalue weighted by Crippen LogP contribution is -2.36. The Balaban J connectivity index is 2.41. The zero-order valence-corrected chi connectivity index (χ0v) is 10.3. The average Bonchev–Trinajstić information content (AvgIpc) is 2.66. The smallest absolute Gasteiger partial charge is 0.0589 e. The molecule has 0 saturated carbocycles. The Labute approximate surface area is 95.8 Å². The summed E-state index contributed by atoms with van der Waals surface area (Å²) in [4.78, 5) is 3.71. The fourth-order valence-electron chi connectivity index (χ4n) is 1.49. The van der Waals surface area contributed by atoms with E-state index in [0.29, 0.717) is 0 Å². The first-order chi connectivity index (χ1) is 7.22. The van der Waals surface area contributed by atoms with Gasteiger partial charge in [0.1, 0.15) is 0 Å². The van der Waals surface area contributed by atoms with Crippen molar-refractivity contribution in [2.45, 2.75) is 19.5 Å². The highest BCUT2D eigenvalue weighted by Crippen LogP contribution is 2.11. The van der Waals surface area contributed by atoms with E-state index in [1.165, 1.54) is 4.88 Å². The molecule has 0 amide bonds. The van der Waals surface area contributed by atoms with Crippen molar-refractivity contribution in [2.75, 3.05) is 26.8 Å². The molecule has 0 aliphatic heterocycles. The second-order valence-electron chi connectivity index (χ2n) is 3.78. The maximum Gasteiger partial charge on any atom is 0.0589 e. The molecule has 2 N–H and O–H groups in total. The lowest BCUT2D eigenvalue weighted by molar-refractivity contribution is 0.141. The van der Waals surface area contributed by atoms with Gasteiger partial charge in [-0.3, -0.25) is 4.90 Å². The van der Waals surface area contributed by atoms with E-state index < -0.39 is 0 Å². The van der Waals surface area contributed by atoms with Crippen LogP contribution >= 0.6 is 11.3 Å². The molecular formula is C11H20N2OS. The summed E-state index contributed by atoms with van der Waals surface area (Å²) in [6.07, 6.45) is 0. The number of rotatable bonds is 7. The topological polar surface area (TPSA) is 38.5 Å². The summed E-state index contributed by atoms with van der Waals surface area (Å²) >= 11 is 1.79. The molecule has 1 atom stereocenters. The molecule has 0 aliphatic carbocycles. The number of thiophene rings is 1. The van der Waals surface area contributed by atoms with E-state index in [2.05, 4.69) is 22.4 Å². The van der Waals surface area contributed by atoms with Crippen LogP contribution in [0.1, 0.15) is 11.8 Å². The molecule has 4 heteroatoms. The van der Waals surface area contributed by atoms with Gasteiger partial charge in [-0.15, -0.1) is 11.3 Å². The molecule has 0 aliphatic rings. The monoisotopic (exact) mass is 228 g/mol. The van der Waals surface area contributed by atoms with Crippen molar-refractivity contribution in [3.63, 3.8) is 0 Å². The van der Waals surface area contributed by atoms with Crippen LogP contribution in [0.4, 0.5) is 0 Å². The van der Waals surface area contributed by atoms with Crippen LogP contribution < -0.4 is 5.73 Å². The maximum absolute atomic E-state index is 5.81. The third-order valence-electron chi connectivity index (χ3n) is 2.12. The molecule has 3 nitrogen and oxygen atoms in total. The molecule has 0 fully saturated rings. The molecule has 15 heavy (non-hydrogen) atoms. The Morgan fingerprint density at radius 2 is 2.40 bits per heavy atom. The van der Waals surface area contributed by atoms with Gasteiger partial charge in [-0.05, 0) is 18.4 Å². The first-order valence-electron chi connectivity index (χ1n) is 5.21. The van der Waals surface area contributed by atoms with Gasteiger partial charge in [-0.1, -0.05) is 6.07 Å². The molecule has 1 aromatic rings. The zero-order valence-electron chi connectivity index (χ0n) is 9.48. The Hall–Kier alpha value is -0.420. The second kappa shape index (κ2) is 6.95. The fraction of sp³-hybridized carbons (Fsp3) is 0.636. The zero-order chi connectivity index (χ0) is 11.1. The van der Waals surface area contributed by atoms with Crippen LogP contribution in [-0.2, 0) is 11.3 Å². The number of hydrogen-bond donors (Lipinski definition) is 1. The van der Waals surface area contributed by atoms with Gasteiger partial charge in [-0.25, -0.2) is 0 Å². The van der Waals surface area contributed by atoms with Gasteiger partial charge >= 0.3 is 0 Å². The molecular weight excluding hydrogens is 208 g/mol. The number of ether oxygens (including phenoxy) is 1. The molecule has 0 aromatic carbocycles. The predicted octanol–water partition coefficient (Wildman–Crippen LogP) is 1.54. The van der Waals surface area contributed by atoms with Crippen LogP contribution in [0, 0.1) is 0 Å². The van der Waals surface area contributed by atoms with Crippen molar-refractivity contribution in [3.8, 4) is 0 Å². The standard InChI is InChI=1S/C11H20N2OS/c1-10(12)8-13(5-6-14-2)9-11-4-3-7-15-11/h3-4,7,10H,5-6,8-9,12H2,1-2H3. The minimum Gasteiger partial charge on any atom is -0.383 e. The summed E-state index contributed by atoms with van der Waals surface area (Å²) in [5, 5.41) is 2.11. The molecule has 1 unspecified atom stereocenters. The first-order valence-corrected chi connectivity index (χ1v) is 6.09. The fourth-order valence-corrected chi connectivity index (χ4v) is 2.23. The third-order valence-corrected chi connectivity index (χ3v) is 2.98. The van der Waals surface area contributed by atoms with Crippen molar-refractivity contribution in [3.05, 3.63) is 22.4 Å². The molecule has 0 spiro atoms. The van der Waals surface area contributed by atoms with Crippen molar-refractivity contribution < 1.29 is 4.74 Å². The van der Waals surface area contributed by atoms with E-state index in [1.54, 1.807) is 18.4 Å². The van der Waals surface area contributed by atoms with Gasteiger partial charge in [0.05, 0.1) is 6.61 Å². The van der Waals surface area contributed by atoms with Crippen LogP contribution in [0.25, 0.3) is 0 Å². The average molecular weight is 228 g/mol. The minimum absolute atomic E-state index is 0.210. The van der Waals surface area contributed by atoms with Gasteiger partial charge in [0.15, 0.2) is 0 Å². The first kappa shape index (κ1) is 12.6. The number of nitrogens with zero attached hydrogens (tertiary/aromatic N) is 1. The molecule has 1 aromatic heterocycles. The number of methoxy groups -OCH3 is 1. The van der Waals surface area contributed by atoms with Gasteiger partial charge in [0.2, 0.25) is 0 Å². The SMILES string of the molecule is COCCN(Cc1cccs1)CC(C)N. The van der Waals surface area contributed by atoms with Gasteiger partial charge < -0.3 is 10.5 Å². The molecule has 1 rings (SSSR count). The Bertz CT molecular complexity index is 249. The predicted molar refractivity (Wildman–Crippen MR) is 65.1 cm³/mol. The summed E-state index contributed by atoms with van der Waals surface area (Å²) in [6.45, 7) is 5.63. The Kier molecular flexibility index (Phi) is 5.86. The lowest BCUT2D eigenvalue weighted by Gasteiger charge is -2.23. The van der Waals surface area contributed by atoms with Crippen molar-refractivity contribution in [1.82, 2.24) is 4.90 Å². The maximum atomic E-state index is 5.81. The normalized spacial score (nSPS) is 13.3. The minimum atomic E-state index is 0.210. The molecule has 0 saturated heterocycles. The van der Waals surface area contributed by atoms with E-state index in [-0.39, 0.29) is 6.04 Å². The van der Waals surface area contributed by atoms with Crippen LogP contribution in [0.2, 0.25) is 0 Å². The van der Waals surface area contributed by atoms with E-state index in [1.807, 2.05) is 6.92 Å². The Morgan fingerprint density at radius 3 is 2.93 bits per heavy atom. The van der Waals surface area contributed by atoms with Gasteiger partial charge in [0.25, 0.3) is 0 Å². The summed E-state index contributed by atoms with van der Waals surface area (Å²) in [7, 11) is 1.73. The van der Waals surface area contributed by atoms with Gasteiger partial charge in [0, 0.05) is 37.7 Å². The number of hydrogen-bond acceptors (Lipinski definition) is 4. The highest BCUT2D eigenvalue weighted by molar-refractivity contribution is 7.09. The highest BCUT2D eigenvalue weighted by Gasteiger charge is 2.08. The summed E-state index contributed by atoms with van der Waals surface area (Å²) < 4.78 is 5.09. The van der Waals surface area contributed by atoms with Crippen LogP contribution in [-0.4, -0.2) is 37.7 Å².